The van der Waals surface area contributed by atoms with Crippen LogP contribution < -0.4 is 4.74 Å². The van der Waals surface area contributed by atoms with E-state index in [9.17, 15) is 15.3 Å². The highest BCUT2D eigenvalue weighted by molar-refractivity contribution is 5.80. The Balaban J connectivity index is 2.32. The first-order valence-corrected chi connectivity index (χ1v) is 7.44. The van der Waals surface area contributed by atoms with Gasteiger partial charge >= 0.3 is 5.97 Å². The van der Waals surface area contributed by atoms with Crippen molar-refractivity contribution < 1.29 is 14.3 Å². The predicted octanol–water partition coefficient (Wildman–Crippen LogP) is 3.09. The lowest BCUT2D eigenvalue weighted by Crippen LogP contribution is -2.27. The molecule has 0 saturated heterocycles. The number of hydrogen-bond donors (Lipinski definition) is 0. The Kier molecular flexibility index (Phi) is 5.03. The lowest BCUT2D eigenvalue weighted by molar-refractivity contribution is -0.144. The molecule has 0 amide bonds. The second-order valence-corrected chi connectivity index (χ2v) is 5.32. The molecule has 1 unspecified atom stereocenters. The highest BCUT2D eigenvalue weighted by Gasteiger charge is 2.48. The van der Waals surface area contributed by atoms with Crippen molar-refractivity contribution in [2.24, 2.45) is 11.3 Å². The lowest BCUT2D eigenvalue weighted by atomic mass is 9.72. The quantitative estimate of drug-likeness (QED) is 0.780. The molecule has 118 valence electrons. The summed E-state index contributed by atoms with van der Waals surface area (Å²) in [6.45, 7) is 2.02. The van der Waals surface area contributed by atoms with Gasteiger partial charge in [0.05, 0.1) is 32.3 Å². The Morgan fingerprint density at radius 3 is 2.48 bits per heavy atom. The topological polar surface area (TPSA) is 83.1 Å². The Morgan fingerprint density at radius 2 is 1.96 bits per heavy atom. The van der Waals surface area contributed by atoms with E-state index in [0.29, 0.717) is 17.7 Å². The molecular formula is C18H18N2O3. The molecule has 0 radical (unpaired) electrons. The average Bonchev–Trinajstić information content (AvgIpc) is 2.93. The van der Waals surface area contributed by atoms with Gasteiger partial charge in [-0.1, -0.05) is 18.2 Å². The van der Waals surface area contributed by atoms with Crippen LogP contribution in [0.15, 0.2) is 30.3 Å². The van der Waals surface area contributed by atoms with Gasteiger partial charge < -0.3 is 9.47 Å². The summed E-state index contributed by atoms with van der Waals surface area (Å²) < 4.78 is 10.1. The first-order valence-electron chi connectivity index (χ1n) is 7.44. The fraction of sp³-hybridized carbons (Fsp3) is 0.389. The molecule has 0 bridgehead atoms. The molecule has 0 heterocycles. The van der Waals surface area contributed by atoms with Gasteiger partial charge in [0, 0.05) is 5.92 Å². The van der Waals surface area contributed by atoms with E-state index in [1.165, 1.54) is 0 Å². The van der Waals surface area contributed by atoms with Crippen LogP contribution in [0, 0.1) is 34.0 Å². The highest BCUT2D eigenvalue weighted by atomic mass is 16.5. The van der Waals surface area contributed by atoms with Gasteiger partial charge in [0.25, 0.3) is 0 Å². The molecule has 1 aromatic carbocycles. The summed E-state index contributed by atoms with van der Waals surface area (Å²) in [5.74, 6) is -0.0691. The van der Waals surface area contributed by atoms with Gasteiger partial charge in [-0.2, -0.15) is 10.5 Å². The van der Waals surface area contributed by atoms with Crippen molar-refractivity contribution >= 4 is 11.5 Å². The maximum atomic E-state index is 11.8. The summed E-state index contributed by atoms with van der Waals surface area (Å²) in [5.41, 5.74) is 0.112. The molecule has 1 atom stereocenters. The zero-order valence-electron chi connectivity index (χ0n) is 13.2. The Bertz CT molecular complexity index is 678. The van der Waals surface area contributed by atoms with Crippen LogP contribution in [0.3, 0.4) is 0 Å². The second-order valence-electron chi connectivity index (χ2n) is 5.32. The largest absolute Gasteiger partial charge is 0.497 e. The predicted molar refractivity (Wildman–Crippen MR) is 84.0 cm³/mol. The van der Waals surface area contributed by atoms with Crippen LogP contribution in [0.1, 0.15) is 25.3 Å². The molecule has 0 aliphatic heterocycles. The van der Waals surface area contributed by atoms with Gasteiger partial charge in [-0.15, -0.1) is 0 Å². The molecule has 0 aromatic heterocycles. The minimum atomic E-state index is -1.33. The SMILES string of the molecule is CCOC(=O)CC1CC=C(c2ccc(OC)cc2)C1(C#N)C#N. The Morgan fingerprint density at radius 1 is 1.30 bits per heavy atom. The molecule has 23 heavy (non-hydrogen) atoms. The highest BCUT2D eigenvalue weighted by Crippen LogP contribution is 2.49. The second kappa shape index (κ2) is 6.98. The Labute approximate surface area is 135 Å². The van der Waals surface area contributed by atoms with E-state index >= 15 is 0 Å². The Hall–Kier alpha value is -2.79. The third kappa shape index (κ3) is 3.05. The summed E-state index contributed by atoms with van der Waals surface area (Å²) in [6, 6.07) is 11.5. The fourth-order valence-electron chi connectivity index (χ4n) is 2.92. The van der Waals surface area contributed by atoms with E-state index in [1.54, 1.807) is 26.2 Å². The van der Waals surface area contributed by atoms with E-state index in [2.05, 4.69) is 12.1 Å². The molecule has 1 aliphatic carbocycles. The first-order chi connectivity index (χ1) is 11.1. The van der Waals surface area contributed by atoms with Crippen molar-refractivity contribution in [3.05, 3.63) is 35.9 Å². The molecular weight excluding hydrogens is 292 g/mol. The molecule has 0 saturated carbocycles. The van der Waals surface area contributed by atoms with Crippen LogP contribution in [0.2, 0.25) is 0 Å². The number of benzene rings is 1. The van der Waals surface area contributed by atoms with Crippen molar-refractivity contribution in [2.75, 3.05) is 13.7 Å². The van der Waals surface area contributed by atoms with E-state index in [-0.39, 0.29) is 19.0 Å². The standard InChI is InChI=1S/C18H18N2O3/c1-3-23-17(21)10-14-6-9-16(18(14,11-19)12-20)13-4-7-15(22-2)8-5-13/h4-5,7-9,14H,3,6,10H2,1-2H3. The molecule has 2 rings (SSSR count). The maximum Gasteiger partial charge on any atom is 0.306 e. The number of methoxy groups -OCH3 is 1. The van der Waals surface area contributed by atoms with Crippen LogP contribution >= 0.6 is 0 Å². The van der Waals surface area contributed by atoms with Crippen LogP contribution in [0.5, 0.6) is 5.75 Å². The summed E-state index contributed by atoms with van der Waals surface area (Å²) >= 11 is 0. The number of esters is 1. The normalized spacial score (nSPS) is 18.4. The minimum Gasteiger partial charge on any atom is -0.497 e. The number of ether oxygens (including phenoxy) is 2. The molecule has 1 aliphatic rings. The van der Waals surface area contributed by atoms with Crippen molar-refractivity contribution in [1.29, 1.82) is 10.5 Å². The first kappa shape index (κ1) is 16.6. The van der Waals surface area contributed by atoms with Crippen LogP contribution in [0.25, 0.3) is 5.57 Å². The van der Waals surface area contributed by atoms with Gasteiger partial charge in [0.15, 0.2) is 5.41 Å². The van der Waals surface area contributed by atoms with Crippen molar-refractivity contribution in [2.45, 2.75) is 19.8 Å². The molecule has 5 heteroatoms. The summed E-state index contributed by atoms with van der Waals surface area (Å²) in [4.78, 5) is 11.8. The minimum absolute atomic E-state index is 0.0606. The maximum absolute atomic E-state index is 11.8. The third-order valence-electron chi connectivity index (χ3n) is 4.12. The van der Waals surface area contributed by atoms with E-state index in [4.69, 9.17) is 9.47 Å². The summed E-state index contributed by atoms with van der Waals surface area (Å²) in [6.07, 6.45) is 2.44. The van der Waals surface area contributed by atoms with Gasteiger partial charge in [-0.05, 0) is 36.6 Å². The number of carbonyl (C=O) groups excluding carboxylic acids is 1. The van der Waals surface area contributed by atoms with Gasteiger partial charge in [0.1, 0.15) is 5.75 Å². The molecule has 5 nitrogen and oxygen atoms in total. The molecule has 0 spiro atoms. The number of rotatable bonds is 5. The third-order valence-corrected chi connectivity index (χ3v) is 4.12. The van der Waals surface area contributed by atoms with Gasteiger partial charge in [-0.3, -0.25) is 4.79 Å². The average molecular weight is 310 g/mol. The number of carbonyl (C=O) groups is 1. The van der Waals surface area contributed by atoms with Crippen LogP contribution in [-0.2, 0) is 9.53 Å². The van der Waals surface area contributed by atoms with Crippen LogP contribution in [-0.4, -0.2) is 19.7 Å². The lowest BCUT2D eigenvalue weighted by Gasteiger charge is -2.24. The molecule has 0 N–H and O–H groups in total. The zero-order chi connectivity index (χ0) is 16.9. The van der Waals surface area contributed by atoms with Gasteiger partial charge in [-0.25, -0.2) is 0 Å². The van der Waals surface area contributed by atoms with E-state index < -0.39 is 11.3 Å². The summed E-state index contributed by atoms with van der Waals surface area (Å²) in [5, 5.41) is 19.3. The number of nitrogens with zero attached hydrogens (tertiary/aromatic N) is 2. The number of allylic oxidation sites excluding steroid dienone is 2. The monoisotopic (exact) mass is 310 g/mol. The number of hydrogen-bond acceptors (Lipinski definition) is 5. The fourth-order valence-corrected chi connectivity index (χ4v) is 2.92. The van der Waals surface area contributed by atoms with Crippen LogP contribution in [0.4, 0.5) is 0 Å². The van der Waals surface area contributed by atoms with Crippen molar-refractivity contribution in [3.63, 3.8) is 0 Å². The summed E-state index contributed by atoms with van der Waals surface area (Å²) in [7, 11) is 1.58. The van der Waals surface area contributed by atoms with E-state index in [0.717, 1.165) is 5.56 Å². The smallest absolute Gasteiger partial charge is 0.306 e. The molecule has 1 aromatic rings. The van der Waals surface area contributed by atoms with Gasteiger partial charge in [0.2, 0.25) is 0 Å². The van der Waals surface area contributed by atoms with E-state index in [1.807, 2.05) is 18.2 Å². The number of nitriles is 2. The zero-order valence-corrected chi connectivity index (χ0v) is 13.2. The molecule has 0 fully saturated rings. The van der Waals surface area contributed by atoms with Crippen molar-refractivity contribution in [3.8, 4) is 17.9 Å². The van der Waals surface area contributed by atoms with Crippen molar-refractivity contribution in [1.82, 2.24) is 0 Å².